The highest BCUT2D eigenvalue weighted by Crippen LogP contribution is 2.43. The summed E-state index contributed by atoms with van der Waals surface area (Å²) in [7, 11) is -3.40. The van der Waals surface area contributed by atoms with E-state index in [1.807, 2.05) is 46.0 Å². The summed E-state index contributed by atoms with van der Waals surface area (Å²) in [5.41, 5.74) is 1.07. The molecule has 2 aromatic rings. The molecule has 2 aromatic carbocycles. The first-order valence-corrected chi connectivity index (χ1v) is 20.6. The van der Waals surface area contributed by atoms with Crippen molar-refractivity contribution in [3.05, 3.63) is 59.7 Å². The molecule has 3 atom stereocenters. The highest BCUT2D eigenvalue weighted by Gasteiger charge is 2.41. The van der Waals surface area contributed by atoms with Crippen molar-refractivity contribution in [2.45, 2.75) is 114 Å². The quantitative estimate of drug-likeness (QED) is 0.177. The molecule has 1 amide bonds. The minimum absolute atomic E-state index is 0.0701. The lowest BCUT2D eigenvalue weighted by Crippen LogP contribution is -2.43. The summed E-state index contributed by atoms with van der Waals surface area (Å²) < 4.78 is 41.7. The third kappa shape index (κ3) is 11.0. The van der Waals surface area contributed by atoms with Gasteiger partial charge in [-0.1, -0.05) is 45.0 Å². The van der Waals surface area contributed by atoms with E-state index in [-0.39, 0.29) is 41.0 Å². The van der Waals surface area contributed by atoms with Gasteiger partial charge in [0.15, 0.2) is 24.8 Å². The van der Waals surface area contributed by atoms with Gasteiger partial charge in [-0.15, -0.1) is 0 Å². The number of carbonyl (C=O) groups is 2. The van der Waals surface area contributed by atoms with Crippen LogP contribution in [0.2, 0.25) is 18.1 Å². The maximum Gasteiger partial charge on any atom is 0.344 e. The SMILES string of the molecule is CN(C(=O)Cc1ccc(S(C)(=O)=O)cc1)[C@@H](CC1CC[C@H](O[Si](C)(C)C(C)(C)C)C1)c1cccc(OCC(=O)OC(C)(C)C)c1. The van der Waals surface area contributed by atoms with Gasteiger partial charge in [-0.3, -0.25) is 4.79 Å². The van der Waals surface area contributed by atoms with Gasteiger partial charge in [0.05, 0.1) is 17.4 Å². The van der Waals surface area contributed by atoms with Crippen LogP contribution in [0.25, 0.3) is 0 Å². The first kappa shape index (κ1) is 36.8. The number of likely N-dealkylation sites (N-methyl/N-ethyl adjacent to an activating group) is 1. The van der Waals surface area contributed by atoms with E-state index in [1.165, 1.54) is 6.26 Å². The summed E-state index contributed by atoms with van der Waals surface area (Å²) >= 11 is 0. The third-order valence-corrected chi connectivity index (χ3v) is 14.6. The average molecular weight is 660 g/mol. The molecule has 0 saturated heterocycles. The van der Waals surface area contributed by atoms with Crippen LogP contribution in [0.4, 0.5) is 0 Å². The number of hydrogen-bond acceptors (Lipinski definition) is 7. The summed E-state index contributed by atoms with van der Waals surface area (Å²) in [6.07, 6.45) is 5.28. The Morgan fingerprint density at radius 1 is 1.00 bits per heavy atom. The topological polar surface area (TPSA) is 99.2 Å². The van der Waals surface area contributed by atoms with Gasteiger partial charge in [0.25, 0.3) is 0 Å². The molecule has 3 rings (SSSR count). The van der Waals surface area contributed by atoms with E-state index in [9.17, 15) is 18.0 Å². The zero-order chi connectivity index (χ0) is 33.8. The maximum atomic E-state index is 13.7. The number of amides is 1. The van der Waals surface area contributed by atoms with Crippen LogP contribution in [0.15, 0.2) is 53.4 Å². The lowest BCUT2D eigenvalue weighted by atomic mass is 9.92. The molecule has 10 heteroatoms. The number of carbonyl (C=O) groups excluding carboxylic acids is 2. The lowest BCUT2D eigenvalue weighted by Gasteiger charge is -2.38. The van der Waals surface area contributed by atoms with Crippen LogP contribution in [0.5, 0.6) is 5.75 Å². The highest BCUT2D eigenvalue weighted by molar-refractivity contribution is 7.90. The van der Waals surface area contributed by atoms with Crippen LogP contribution in [0, 0.1) is 5.92 Å². The second-order valence-electron chi connectivity index (χ2n) is 15.0. The first-order valence-electron chi connectivity index (χ1n) is 15.8. The molecule has 45 heavy (non-hydrogen) atoms. The molecule has 0 radical (unpaired) electrons. The van der Waals surface area contributed by atoms with Crippen molar-refractivity contribution < 1.29 is 31.9 Å². The van der Waals surface area contributed by atoms with Crippen molar-refractivity contribution in [2.75, 3.05) is 19.9 Å². The van der Waals surface area contributed by atoms with Crippen LogP contribution in [0.3, 0.4) is 0 Å². The van der Waals surface area contributed by atoms with Crippen molar-refractivity contribution >= 4 is 30.0 Å². The van der Waals surface area contributed by atoms with Crippen molar-refractivity contribution in [2.24, 2.45) is 5.92 Å². The molecule has 8 nitrogen and oxygen atoms in total. The van der Waals surface area contributed by atoms with Gasteiger partial charge < -0.3 is 18.8 Å². The fraction of sp³-hybridized carbons (Fsp3) is 0.600. The van der Waals surface area contributed by atoms with Gasteiger partial charge in [-0.05, 0) is 106 Å². The minimum atomic E-state index is -3.32. The van der Waals surface area contributed by atoms with E-state index in [2.05, 4.69) is 33.9 Å². The van der Waals surface area contributed by atoms with Gasteiger partial charge in [0.1, 0.15) is 11.4 Å². The molecule has 0 aromatic heterocycles. The average Bonchev–Trinajstić information content (AvgIpc) is 3.34. The lowest BCUT2D eigenvalue weighted by molar-refractivity contribution is -0.157. The van der Waals surface area contributed by atoms with Gasteiger partial charge in [0, 0.05) is 19.4 Å². The van der Waals surface area contributed by atoms with Crippen molar-refractivity contribution in [3.63, 3.8) is 0 Å². The Labute approximate surface area is 271 Å². The fourth-order valence-electron chi connectivity index (χ4n) is 5.43. The van der Waals surface area contributed by atoms with E-state index in [4.69, 9.17) is 13.9 Å². The number of nitrogens with zero attached hydrogens (tertiary/aromatic N) is 1. The highest BCUT2D eigenvalue weighted by atomic mass is 32.2. The Kier molecular flexibility index (Phi) is 11.8. The summed E-state index contributed by atoms with van der Waals surface area (Å²) in [5, 5.41) is 0.138. The molecule has 1 aliphatic rings. The maximum absolute atomic E-state index is 13.7. The van der Waals surface area contributed by atoms with E-state index in [0.29, 0.717) is 11.7 Å². The zero-order valence-corrected chi connectivity index (χ0v) is 30.6. The predicted octanol–water partition coefficient (Wildman–Crippen LogP) is 7.13. The molecule has 250 valence electrons. The summed E-state index contributed by atoms with van der Waals surface area (Å²) in [5.74, 6) is 0.392. The van der Waals surface area contributed by atoms with Gasteiger partial charge in [0.2, 0.25) is 5.91 Å². The smallest absolute Gasteiger partial charge is 0.344 e. The van der Waals surface area contributed by atoms with Crippen molar-refractivity contribution in [3.8, 4) is 5.75 Å². The van der Waals surface area contributed by atoms with Crippen LogP contribution in [-0.4, -0.2) is 65.1 Å². The zero-order valence-electron chi connectivity index (χ0n) is 28.8. The number of hydrogen-bond donors (Lipinski definition) is 0. The molecule has 0 aliphatic heterocycles. The second kappa shape index (κ2) is 14.4. The molecular formula is C35H53NO7SSi. The number of benzene rings is 2. The van der Waals surface area contributed by atoms with E-state index >= 15 is 0 Å². The van der Waals surface area contributed by atoms with Crippen LogP contribution >= 0.6 is 0 Å². The Balaban J connectivity index is 1.81. The Morgan fingerprint density at radius 3 is 2.22 bits per heavy atom. The Bertz CT molecular complexity index is 1430. The molecule has 1 aliphatic carbocycles. The van der Waals surface area contributed by atoms with E-state index < -0.39 is 29.7 Å². The number of ether oxygens (including phenoxy) is 2. The van der Waals surface area contributed by atoms with E-state index in [1.54, 1.807) is 35.2 Å². The van der Waals surface area contributed by atoms with Crippen LogP contribution < -0.4 is 4.74 Å². The molecular weight excluding hydrogens is 607 g/mol. The normalized spacial score (nSPS) is 18.4. The molecule has 0 N–H and O–H groups in total. The Hall–Kier alpha value is -2.69. The van der Waals surface area contributed by atoms with Crippen molar-refractivity contribution in [1.82, 2.24) is 4.90 Å². The second-order valence-corrected chi connectivity index (χ2v) is 21.7. The first-order chi connectivity index (χ1) is 20.6. The van der Waals surface area contributed by atoms with Crippen molar-refractivity contribution in [1.29, 1.82) is 0 Å². The standard InChI is InChI=1S/C35H53NO7SSi/c1-34(2,3)42-33(38)24-41-28-13-11-12-27(23-28)31(21-26-14-17-29(20-26)43-45(9,10)35(4,5)6)36(7)32(37)22-25-15-18-30(19-16-25)44(8,39)40/h11-13,15-16,18-19,23,26,29,31H,14,17,20-22,24H2,1-10H3/t26?,29-,31-/m0/s1. The summed E-state index contributed by atoms with van der Waals surface area (Å²) in [6, 6.07) is 13.8. The minimum Gasteiger partial charge on any atom is -0.482 e. The van der Waals surface area contributed by atoms with Crippen LogP contribution in [0.1, 0.15) is 84.4 Å². The van der Waals surface area contributed by atoms with Gasteiger partial charge in [-0.25, -0.2) is 13.2 Å². The van der Waals surface area contributed by atoms with Crippen LogP contribution in [-0.2, 0) is 35.0 Å². The molecule has 1 unspecified atom stereocenters. The number of esters is 1. The molecule has 0 bridgehead atoms. The largest absolute Gasteiger partial charge is 0.482 e. The number of sulfone groups is 1. The Morgan fingerprint density at radius 2 is 1.64 bits per heavy atom. The van der Waals surface area contributed by atoms with E-state index in [0.717, 1.165) is 36.8 Å². The molecule has 1 fully saturated rings. The molecule has 0 heterocycles. The fourth-order valence-corrected chi connectivity index (χ4v) is 7.46. The molecule has 0 spiro atoms. The monoisotopic (exact) mass is 659 g/mol. The van der Waals surface area contributed by atoms with Gasteiger partial charge in [-0.2, -0.15) is 0 Å². The summed E-state index contributed by atoms with van der Waals surface area (Å²) in [6.45, 7) is 16.6. The predicted molar refractivity (Wildman–Crippen MR) is 181 cm³/mol. The number of rotatable bonds is 12. The van der Waals surface area contributed by atoms with Gasteiger partial charge >= 0.3 is 5.97 Å². The third-order valence-electron chi connectivity index (χ3n) is 8.90. The molecule has 1 saturated carbocycles. The summed E-state index contributed by atoms with van der Waals surface area (Å²) in [4.78, 5) is 28.0.